The lowest BCUT2D eigenvalue weighted by Gasteiger charge is -2.41. The Morgan fingerprint density at radius 1 is 0.882 bits per heavy atom. The highest BCUT2D eigenvalue weighted by Gasteiger charge is 2.50. The SMILES string of the molecule is O=C(CC1CNC1)NC1CCCC(C2CCC(C(=O)N3CCN(C(=O)C4(O)CC4)CC3)CC2)C1. The number of aliphatic hydroxyl groups is 1. The van der Waals surface area contributed by atoms with E-state index in [9.17, 15) is 19.5 Å². The summed E-state index contributed by atoms with van der Waals surface area (Å²) < 4.78 is 0. The molecule has 2 saturated heterocycles. The van der Waals surface area contributed by atoms with E-state index >= 15 is 0 Å². The molecule has 0 aromatic heterocycles. The molecule has 0 bridgehead atoms. The molecular weight excluding hydrogens is 432 g/mol. The van der Waals surface area contributed by atoms with E-state index in [1.807, 2.05) is 4.90 Å². The molecule has 2 aliphatic heterocycles. The highest BCUT2D eigenvalue weighted by molar-refractivity contribution is 5.88. The molecule has 5 fully saturated rings. The number of nitrogens with zero attached hydrogens (tertiary/aromatic N) is 2. The van der Waals surface area contributed by atoms with Gasteiger partial charge in [-0.15, -0.1) is 0 Å². The van der Waals surface area contributed by atoms with Gasteiger partial charge in [-0.2, -0.15) is 0 Å². The van der Waals surface area contributed by atoms with Crippen LogP contribution in [0.5, 0.6) is 0 Å². The van der Waals surface area contributed by atoms with Crippen LogP contribution in [0.25, 0.3) is 0 Å². The summed E-state index contributed by atoms with van der Waals surface area (Å²) in [6.07, 6.45) is 10.6. The van der Waals surface area contributed by atoms with Gasteiger partial charge in [-0.25, -0.2) is 0 Å². The highest BCUT2D eigenvalue weighted by atomic mass is 16.3. The zero-order valence-electron chi connectivity index (χ0n) is 20.5. The summed E-state index contributed by atoms with van der Waals surface area (Å²) in [4.78, 5) is 41.5. The molecule has 2 atom stereocenters. The van der Waals surface area contributed by atoms with Gasteiger partial charge in [0.1, 0.15) is 5.60 Å². The number of carbonyl (C=O) groups excluding carboxylic acids is 3. The Morgan fingerprint density at radius 2 is 1.56 bits per heavy atom. The number of amides is 3. The predicted molar refractivity (Wildman–Crippen MR) is 128 cm³/mol. The van der Waals surface area contributed by atoms with Crippen LogP contribution in [0.3, 0.4) is 0 Å². The number of hydrogen-bond donors (Lipinski definition) is 3. The topological polar surface area (TPSA) is 102 Å². The van der Waals surface area contributed by atoms with Gasteiger partial charge in [0.15, 0.2) is 0 Å². The highest BCUT2D eigenvalue weighted by Crippen LogP contribution is 2.41. The minimum atomic E-state index is -1.11. The first-order valence-electron chi connectivity index (χ1n) is 13.7. The molecular formula is C26H42N4O4. The summed E-state index contributed by atoms with van der Waals surface area (Å²) in [6, 6.07) is 0.325. The second-order valence-electron chi connectivity index (χ2n) is 11.7. The maximum atomic E-state index is 13.1. The quantitative estimate of drug-likeness (QED) is 0.538. The van der Waals surface area contributed by atoms with Crippen LogP contribution in [0.1, 0.15) is 70.6 Å². The van der Waals surface area contributed by atoms with Crippen LogP contribution in [0, 0.1) is 23.7 Å². The maximum absolute atomic E-state index is 13.1. The molecule has 3 amide bonds. The lowest BCUT2D eigenvalue weighted by Crippen LogP contribution is -2.54. The van der Waals surface area contributed by atoms with Crippen molar-refractivity contribution in [2.24, 2.45) is 23.7 Å². The van der Waals surface area contributed by atoms with Crippen LogP contribution in [0.4, 0.5) is 0 Å². The first-order valence-corrected chi connectivity index (χ1v) is 13.7. The van der Waals surface area contributed by atoms with E-state index in [1.165, 1.54) is 12.8 Å². The molecule has 0 spiro atoms. The number of nitrogens with one attached hydrogen (secondary N) is 2. The van der Waals surface area contributed by atoms with E-state index in [2.05, 4.69) is 10.6 Å². The smallest absolute Gasteiger partial charge is 0.254 e. The second kappa shape index (κ2) is 10.1. The second-order valence-corrected chi connectivity index (χ2v) is 11.7. The molecule has 0 aromatic rings. The minimum absolute atomic E-state index is 0.112. The summed E-state index contributed by atoms with van der Waals surface area (Å²) in [6.45, 7) is 4.19. The van der Waals surface area contributed by atoms with Crippen molar-refractivity contribution in [2.45, 2.75) is 82.3 Å². The third-order valence-electron chi connectivity index (χ3n) is 9.21. The fourth-order valence-corrected chi connectivity index (χ4v) is 6.68. The van der Waals surface area contributed by atoms with Crippen LogP contribution in [-0.2, 0) is 14.4 Å². The molecule has 0 aromatic carbocycles. The van der Waals surface area contributed by atoms with Crippen molar-refractivity contribution in [1.29, 1.82) is 0 Å². The zero-order valence-corrected chi connectivity index (χ0v) is 20.5. The Labute approximate surface area is 203 Å². The van der Waals surface area contributed by atoms with Gasteiger partial charge in [0.05, 0.1) is 0 Å². The van der Waals surface area contributed by atoms with Crippen molar-refractivity contribution in [3.63, 3.8) is 0 Å². The van der Waals surface area contributed by atoms with E-state index in [0.717, 1.165) is 51.6 Å². The molecule has 3 aliphatic carbocycles. The molecule has 2 heterocycles. The van der Waals surface area contributed by atoms with Gasteiger partial charge in [-0.3, -0.25) is 14.4 Å². The van der Waals surface area contributed by atoms with E-state index in [0.29, 0.717) is 69.2 Å². The first-order chi connectivity index (χ1) is 16.4. The van der Waals surface area contributed by atoms with Crippen LogP contribution in [0.15, 0.2) is 0 Å². The van der Waals surface area contributed by atoms with E-state index in [1.54, 1.807) is 4.90 Å². The largest absolute Gasteiger partial charge is 0.380 e. The van der Waals surface area contributed by atoms with E-state index in [4.69, 9.17) is 0 Å². The van der Waals surface area contributed by atoms with Crippen LogP contribution >= 0.6 is 0 Å². The standard InChI is InChI=1S/C26H42N4O4/c31-23(14-18-16-27-17-18)28-22-3-1-2-21(15-22)19-4-6-20(7-5-19)24(32)29-10-12-30(13-11-29)25(33)26(34)8-9-26/h18-22,27,34H,1-17H2,(H,28,31). The molecule has 5 aliphatic rings. The molecule has 34 heavy (non-hydrogen) atoms. The van der Waals surface area contributed by atoms with Crippen molar-refractivity contribution in [2.75, 3.05) is 39.3 Å². The normalized spacial score (nSPS) is 33.7. The summed E-state index contributed by atoms with van der Waals surface area (Å²) in [5, 5.41) is 16.6. The zero-order chi connectivity index (χ0) is 23.7. The van der Waals surface area contributed by atoms with Crippen molar-refractivity contribution in [3.8, 4) is 0 Å². The molecule has 2 unspecified atom stereocenters. The third-order valence-corrected chi connectivity index (χ3v) is 9.21. The fraction of sp³-hybridized carbons (Fsp3) is 0.885. The van der Waals surface area contributed by atoms with Crippen LogP contribution in [0.2, 0.25) is 0 Å². The average Bonchev–Trinajstić information content (AvgIpc) is 3.59. The molecule has 190 valence electrons. The van der Waals surface area contributed by atoms with Gasteiger partial charge >= 0.3 is 0 Å². The van der Waals surface area contributed by atoms with Gasteiger partial charge < -0.3 is 25.5 Å². The average molecular weight is 475 g/mol. The summed E-state index contributed by atoms with van der Waals surface area (Å²) in [7, 11) is 0. The van der Waals surface area contributed by atoms with Crippen LogP contribution < -0.4 is 10.6 Å². The Kier molecular flexibility index (Phi) is 7.17. The predicted octanol–water partition coefficient (Wildman–Crippen LogP) is 1.27. The number of carbonyl (C=O) groups is 3. The molecule has 3 saturated carbocycles. The van der Waals surface area contributed by atoms with E-state index in [-0.39, 0.29) is 23.6 Å². The van der Waals surface area contributed by atoms with Gasteiger partial charge in [0.2, 0.25) is 11.8 Å². The van der Waals surface area contributed by atoms with Crippen molar-refractivity contribution in [1.82, 2.24) is 20.4 Å². The summed E-state index contributed by atoms with van der Waals surface area (Å²) in [5.74, 6) is 2.30. The Balaban J connectivity index is 1.03. The first kappa shape index (κ1) is 24.0. The van der Waals surface area contributed by atoms with Gasteiger partial charge in [-0.1, -0.05) is 12.8 Å². The number of rotatable bonds is 6. The van der Waals surface area contributed by atoms with E-state index < -0.39 is 5.60 Å². The maximum Gasteiger partial charge on any atom is 0.254 e. The molecule has 5 rings (SSSR count). The lowest BCUT2D eigenvalue weighted by molar-refractivity contribution is -0.148. The summed E-state index contributed by atoms with van der Waals surface area (Å²) in [5.41, 5.74) is -1.11. The number of piperazine rings is 1. The molecule has 0 radical (unpaired) electrons. The molecule has 8 heteroatoms. The summed E-state index contributed by atoms with van der Waals surface area (Å²) >= 11 is 0. The van der Waals surface area contributed by atoms with Gasteiger partial charge in [0, 0.05) is 44.6 Å². The van der Waals surface area contributed by atoms with Crippen molar-refractivity contribution >= 4 is 17.7 Å². The Morgan fingerprint density at radius 3 is 2.18 bits per heavy atom. The Hall–Kier alpha value is -1.67. The molecule has 8 nitrogen and oxygen atoms in total. The van der Waals surface area contributed by atoms with Gasteiger partial charge in [0.25, 0.3) is 5.91 Å². The monoisotopic (exact) mass is 474 g/mol. The Bertz CT molecular complexity index is 765. The minimum Gasteiger partial charge on any atom is -0.380 e. The van der Waals surface area contributed by atoms with Crippen LogP contribution in [-0.4, -0.2) is 83.5 Å². The molecule has 3 N–H and O–H groups in total. The van der Waals surface area contributed by atoms with Crippen molar-refractivity contribution in [3.05, 3.63) is 0 Å². The fourth-order valence-electron chi connectivity index (χ4n) is 6.68. The van der Waals surface area contributed by atoms with Crippen molar-refractivity contribution < 1.29 is 19.5 Å². The van der Waals surface area contributed by atoms with Gasteiger partial charge in [-0.05, 0) is 82.2 Å². The third kappa shape index (κ3) is 5.43. The lowest BCUT2D eigenvalue weighted by atomic mass is 9.70. The number of hydrogen-bond acceptors (Lipinski definition) is 5.